The lowest BCUT2D eigenvalue weighted by molar-refractivity contribution is 0.216. The molecule has 66 valence electrons. The van der Waals surface area contributed by atoms with E-state index in [0.29, 0.717) is 0 Å². The van der Waals surface area contributed by atoms with Gasteiger partial charge in [0.1, 0.15) is 0 Å². The minimum absolute atomic E-state index is 0.793. The fourth-order valence-electron chi connectivity index (χ4n) is 1.51. The number of hydrogen-bond acceptors (Lipinski definition) is 2. The maximum absolute atomic E-state index is 3.43. The summed E-state index contributed by atoms with van der Waals surface area (Å²) in [6, 6.07) is 0.793. The van der Waals surface area contributed by atoms with Crippen LogP contribution < -0.4 is 5.32 Å². The van der Waals surface area contributed by atoms with Crippen LogP contribution in [0, 0.1) is 0 Å². The first-order valence-corrected chi connectivity index (χ1v) is 4.82. The van der Waals surface area contributed by atoms with Crippen LogP contribution in [0.4, 0.5) is 0 Å². The Labute approximate surface area is 70.0 Å². The predicted octanol–water partition coefficient (Wildman–Crippen LogP) is 1.08. The second kappa shape index (κ2) is 4.73. The van der Waals surface area contributed by atoms with Gasteiger partial charge in [-0.2, -0.15) is 0 Å². The van der Waals surface area contributed by atoms with Crippen molar-refractivity contribution in [3.05, 3.63) is 0 Å². The van der Waals surface area contributed by atoms with E-state index in [2.05, 4.69) is 24.1 Å². The van der Waals surface area contributed by atoms with Gasteiger partial charge in [0, 0.05) is 12.6 Å². The molecule has 0 aromatic heterocycles. The molecule has 0 aromatic carbocycles. The third-order valence-corrected chi connectivity index (χ3v) is 2.39. The summed E-state index contributed by atoms with van der Waals surface area (Å²) in [5.41, 5.74) is 0. The molecule has 0 saturated carbocycles. The summed E-state index contributed by atoms with van der Waals surface area (Å²) in [5, 5.41) is 3.43. The SMILES string of the molecule is CCCN(CC)CC1CCN1. The molecule has 1 aliphatic rings. The van der Waals surface area contributed by atoms with Crippen LogP contribution in [0.1, 0.15) is 26.7 Å². The molecule has 2 nitrogen and oxygen atoms in total. The van der Waals surface area contributed by atoms with Crippen molar-refractivity contribution < 1.29 is 0 Å². The van der Waals surface area contributed by atoms with Gasteiger partial charge in [-0.25, -0.2) is 0 Å². The van der Waals surface area contributed by atoms with E-state index in [1.54, 1.807) is 0 Å². The predicted molar refractivity (Wildman–Crippen MR) is 48.8 cm³/mol. The van der Waals surface area contributed by atoms with Crippen LogP contribution in [-0.4, -0.2) is 37.1 Å². The van der Waals surface area contributed by atoms with Crippen LogP contribution in [-0.2, 0) is 0 Å². The molecule has 0 aliphatic carbocycles. The largest absolute Gasteiger partial charge is 0.313 e. The molecule has 1 heterocycles. The molecule has 0 radical (unpaired) electrons. The van der Waals surface area contributed by atoms with Gasteiger partial charge < -0.3 is 10.2 Å². The third-order valence-electron chi connectivity index (χ3n) is 2.39. The van der Waals surface area contributed by atoms with Gasteiger partial charge in [-0.3, -0.25) is 0 Å². The number of nitrogens with zero attached hydrogens (tertiary/aromatic N) is 1. The van der Waals surface area contributed by atoms with Gasteiger partial charge >= 0.3 is 0 Å². The molecule has 2 heteroatoms. The molecule has 0 bridgehead atoms. The van der Waals surface area contributed by atoms with E-state index in [0.717, 1.165) is 6.04 Å². The highest BCUT2D eigenvalue weighted by Crippen LogP contribution is 2.04. The fourth-order valence-corrected chi connectivity index (χ4v) is 1.51. The van der Waals surface area contributed by atoms with Crippen LogP contribution in [0.15, 0.2) is 0 Å². The Hall–Kier alpha value is -0.0800. The quantitative estimate of drug-likeness (QED) is 0.641. The fraction of sp³-hybridized carbons (Fsp3) is 1.00. The zero-order chi connectivity index (χ0) is 8.10. The normalized spacial score (nSPS) is 23.7. The van der Waals surface area contributed by atoms with Crippen LogP contribution in [0.5, 0.6) is 0 Å². The maximum Gasteiger partial charge on any atom is 0.0207 e. The van der Waals surface area contributed by atoms with Crippen molar-refractivity contribution in [1.82, 2.24) is 10.2 Å². The van der Waals surface area contributed by atoms with Crippen LogP contribution in [0.3, 0.4) is 0 Å². The Morgan fingerprint density at radius 1 is 1.45 bits per heavy atom. The number of hydrogen-bond donors (Lipinski definition) is 1. The second-order valence-corrected chi connectivity index (χ2v) is 3.33. The van der Waals surface area contributed by atoms with Crippen LogP contribution in [0.25, 0.3) is 0 Å². The Bertz CT molecular complexity index is 99.7. The first-order valence-electron chi connectivity index (χ1n) is 4.82. The highest BCUT2D eigenvalue weighted by molar-refractivity contribution is 4.80. The maximum atomic E-state index is 3.43. The Morgan fingerprint density at radius 3 is 2.55 bits per heavy atom. The molecular formula is C9H20N2. The van der Waals surface area contributed by atoms with E-state index in [1.165, 1.54) is 39.0 Å². The van der Waals surface area contributed by atoms with E-state index < -0.39 is 0 Å². The minimum atomic E-state index is 0.793. The summed E-state index contributed by atoms with van der Waals surface area (Å²) < 4.78 is 0. The highest BCUT2D eigenvalue weighted by Gasteiger charge is 2.18. The van der Waals surface area contributed by atoms with Gasteiger partial charge in [0.2, 0.25) is 0 Å². The van der Waals surface area contributed by atoms with Crippen molar-refractivity contribution >= 4 is 0 Å². The van der Waals surface area contributed by atoms with Crippen LogP contribution in [0.2, 0.25) is 0 Å². The summed E-state index contributed by atoms with van der Waals surface area (Å²) in [4.78, 5) is 2.52. The molecule has 0 aromatic rings. The third kappa shape index (κ3) is 2.80. The van der Waals surface area contributed by atoms with Crippen molar-refractivity contribution in [2.75, 3.05) is 26.2 Å². The number of nitrogens with one attached hydrogen (secondary N) is 1. The molecule has 1 rings (SSSR count). The smallest absolute Gasteiger partial charge is 0.0207 e. The van der Waals surface area contributed by atoms with Gasteiger partial charge in [-0.05, 0) is 32.5 Å². The lowest BCUT2D eigenvalue weighted by atomic mass is 10.1. The lowest BCUT2D eigenvalue weighted by Gasteiger charge is -2.32. The molecule has 1 atom stereocenters. The Morgan fingerprint density at radius 2 is 2.18 bits per heavy atom. The summed E-state index contributed by atoms with van der Waals surface area (Å²) >= 11 is 0. The Balaban J connectivity index is 2.08. The zero-order valence-corrected chi connectivity index (χ0v) is 7.77. The van der Waals surface area contributed by atoms with E-state index >= 15 is 0 Å². The minimum Gasteiger partial charge on any atom is -0.313 e. The highest BCUT2D eigenvalue weighted by atomic mass is 15.2. The van der Waals surface area contributed by atoms with Crippen molar-refractivity contribution in [3.63, 3.8) is 0 Å². The van der Waals surface area contributed by atoms with Gasteiger partial charge in [-0.15, -0.1) is 0 Å². The average molecular weight is 156 g/mol. The van der Waals surface area contributed by atoms with Crippen molar-refractivity contribution in [1.29, 1.82) is 0 Å². The summed E-state index contributed by atoms with van der Waals surface area (Å²) in [5.74, 6) is 0. The summed E-state index contributed by atoms with van der Waals surface area (Å²) in [7, 11) is 0. The van der Waals surface area contributed by atoms with Gasteiger partial charge in [0.05, 0.1) is 0 Å². The molecule has 1 aliphatic heterocycles. The van der Waals surface area contributed by atoms with Crippen molar-refractivity contribution in [3.8, 4) is 0 Å². The lowest BCUT2D eigenvalue weighted by Crippen LogP contribution is -2.50. The van der Waals surface area contributed by atoms with E-state index in [4.69, 9.17) is 0 Å². The molecule has 1 unspecified atom stereocenters. The standard InChI is InChI=1S/C9H20N2/c1-3-7-11(4-2)8-9-5-6-10-9/h9-10H,3-8H2,1-2H3. The molecule has 1 saturated heterocycles. The van der Waals surface area contributed by atoms with Gasteiger partial charge in [0.25, 0.3) is 0 Å². The van der Waals surface area contributed by atoms with Gasteiger partial charge in [-0.1, -0.05) is 13.8 Å². The second-order valence-electron chi connectivity index (χ2n) is 3.33. The molecular weight excluding hydrogens is 136 g/mol. The first-order chi connectivity index (χ1) is 5.36. The number of likely N-dealkylation sites (N-methyl/N-ethyl adjacent to an activating group) is 1. The van der Waals surface area contributed by atoms with Gasteiger partial charge in [0.15, 0.2) is 0 Å². The molecule has 0 amide bonds. The van der Waals surface area contributed by atoms with E-state index in [1.807, 2.05) is 0 Å². The van der Waals surface area contributed by atoms with Crippen LogP contribution >= 0.6 is 0 Å². The monoisotopic (exact) mass is 156 g/mol. The van der Waals surface area contributed by atoms with E-state index in [9.17, 15) is 0 Å². The number of rotatable bonds is 5. The molecule has 0 spiro atoms. The topological polar surface area (TPSA) is 15.3 Å². The Kier molecular flexibility index (Phi) is 3.87. The van der Waals surface area contributed by atoms with Crippen molar-refractivity contribution in [2.24, 2.45) is 0 Å². The first kappa shape index (κ1) is 9.01. The average Bonchev–Trinajstić information content (AvgIpc) is 1.94. The summed E-state index contributed by atoms with van der Waals surface area (Å²) in [6.07, 6.45) is 2.65. The molecule has 11 heavy (non-hydrogen) atoms. The summed E-state index contributed by atoms with van der Waals surface area (Å²) in [6.45, 7) is 9.44. The zero-order valence-electron chi connectivity index (χ0n) is 7.77. The van der Waals surface area contributed by atoms with E-state index in [-0.39, 0.29) is 0 Å². The molecule has 1 N–H and O–H groups in total. The van der Waals surface area contributed by atoms with Crippen molar-refractivity contribution in [2.45, 2.75) is 32.7 Å². The molecule has 1 fully saturated rings.